The van der Waals surface area contributed by atoms with Gasteiger partial charge >= 0.3 is 5.97 Å². The number of carbonyl (C=O) groups is 1. The third-order valence-corrected chi connectivity index (χ3v) is 5.63. The van der Waals surface area contributed by atoms with Gasteiger partial charge in [-0.3, -0.25) is 0 Å². The van der Waals surface area contributed by atoms with Gasteiger partial charge in [0, 0.05) is 0 Å². The summed E-state index contributed by atoms with van der Waals surface area (Å²) in [5, 5.41) is 0. The summed E-state index contributed by atoms with van der Waals surface area (Å²) < 4.78 is 5.04. The zero-order chi connectivity index (χ0) is 22.3. The van der Waals surface area contributed by atoms with Crippen molar-refractivity contribution >= 4 is 23.7 Å². The second kappa shape index (κ2) is 10.6. The fraction of sp³-hybridized carbons (Fsp3) is 0.370. The van der Waals surface area contributed by atoms with Gasteiger partial charge in [-0.25, -0.2) is 14.6 Å². The van der Waals surface area contributed by atoms with Gasteiger partial charge in [0.25, 0.3) is 0 Å². The number of hydrogen-bond donors (Lipinski definition) is 0. The van der Waals surface area contributed by atoms with Crippen molar-refractivity contribution in [2.45, 2.75) is 46.0 Å². The van der Waals surface area contributed by atoms with Crippen molar-refractivity contribution in [3.05, 3.63) is 76.4 Å². The first-order valence-electron chi connectivity index (χ1n) is 11.0. The molecular formula is C27H32O4. The van der Waals surface area contributed by atoms with E-state index in [1.807, 2.05) is 19.1 Å². The summed E-state index contributed by atoms with van der Waals surface area (Å²) in [5.74, 6) is -0.289. The molecule has 4 nitrogen and oxygen atoms in total. The van der Waals surface area contributed by atoms with Crippen LogP contribution in [0.3, 0.4) is 0 Å². The molecule has 164 valence electrons. The summed E-state index contributed by atoms with van der Waals surface area (Å²) in [6.45, 7) is 9.71. The Bertz CT molecular complexity index is 952. The van der Waals surface area contributed by atoms with E-state index in [4.69, 9.17) is 14.5 Å². The number of esters is 1. The molecule has 31 heavy (non-hydrogen) atoms. The van der Waals surface area contributed by atoms with Crippen molar-refractivity contribution in [2.75, 3.05) is 19.8 Å². The first-order valence-corrected chi connectivity index (χ1v) is 11.0. The Kier molecular flexibility index (Phi) is 7.83. The third kappa shape index (κ3) is 5.93. The maximum atomic E-state index is 11.8. The number of rotatable bonds is 8. The van der Waals surface area contributed by atoms with Gasteiger partial charge in [-0.2, -0.15) is 0 Å². The maximum absolute atomic E-state index is 11.8. The van der Waals surface area contributed by atoms with Gasteiger partial charge in [-0.1, -0.05) is 56.3 Å². The van der Waals surface area contributed by atoms with E-state index in [1.54, 1.807) is 19.1 Å². The predicted molar refractivity (Wildman–Crippen MR) is 126 cm³/mol. The van der Waals surface area contributed by atoms with E-state index in [2.05, 4.69) is 50.3 Å². The van der Waals surface area contributed by atoms with Crippen LogP contribution in [0.15, 0.2) is 48.5 Å². The standard InChI is InChI=1S/C27H32O4/c1-5-29-26(28)23-12-9-20(10-13-23)7-8-21-11-14-25-24(19-21)22(15-17-27(25,3)4)16-18-31-30-6-2/h7-14,16,19H,5-6,15,17-18H2,1-4H3. The molecule has 0 N–H and O–H groups in total. The highest BCUT2D eigenvalue weighted by Crippen LogP contribution is 2.42. The van der Waals surface area contributed by atoms with Crippen molar-refractivity contribution in [1.82, 2.24) is 0 Å². The van der Waals surface area contributed by atoms with E-state index in [9.17, 15) is 4.79 Å². The summed E-state index contributed by atoms with van der Waals surface area (Å²) in [6, 6.07) is 14.1. The topological polar surface area (TPSA) is 44.8 Å². The first-order chi connectivity index (χ1) is 14.9. The molecule has 0 aromatic heterocycles. The van der Waals surface area contributed by atoms with Gasteiger partial charge in [0.1, 0.15) is 6.61 Å². The van der Waals surface area contributed by atoms with Gasteiger partial charge in [0.15, 0.2) is 0 Å². The number of benzene rings is 2. The molecule has 2 aromatic rings. The molecule has 0 saturated carbocycles. The minimum absolute atomic E-state index is 0.151. The minimum Gasteiger partial charge on any atom is -0.462 e. The van der Waals surface area contributed by atoms with Gasteiger partial charge in [-0.05, 0) is 78.1 Å². The van der Waals surface area contributed by atoms with Crippen LogP contribution in [0.5, 0.6) is 0 Å². The number of fused-ring (bicyclic) bond motifs is 1. The second-order valence-electron chi connectivity index (χ2n) is 8.29. The van der Waals surface area contributed by atoms with Crippen LogP contribution >= 0.6 is 0 Å². The first kappa shape index (κ1) is 23.0. The van der Waals surface area contributed by atoms with Crippen LogP contribution in [0, 0.1) is 0 Å². The van der Waals surface area contributed by atoms with Crippen molar-refractivity contribution < 1.29 is 19.3 Å². The van der Waals surface area contributed by atoms with Gasteiger partial charge in [0.2, 0.25) is 0 Å². The maximum Gasteiger partial charge on any atom is 0.338 e. The molecule has 0 amide bonds. The Morgan fingerprint density at radius 2 is 1.68 bits per heavy atom. The molecule has 0 heterocycles. The average molecular weight is 421 g/mol. The zero-order valence-electron chi connectivity index (χ0n) is 18.9. The smallest absolute Gasteiger partial charge is 0.338 e. The Morgan fingerprint density at radius 1 is 0.968 bits per heavy atom. The summed E-state index contributed by atoms with van der Waals surface area (Å²) in [4.78, 5) is 22.0. The number of ether oxygens (including phenoxy) is 1. The van der Waals surface area contributed by atoms with E-state index in [0.29, 0.717) is 25.4 Å². The molecule has 1 aliphatic rings. The molecule has 0 bridgehead atoms. The highest BCUT2D eigenvalue weighted by atomic mass is 17.2. The van der Waals surface area contributed by atoms with Crippen LogP contribution in [0.1, 0.15) is 73.1 Å². The van der Waals surface area contributed by atoms with Crippen molar-refractivity contribution in [3.8, 4) is 0 Å². The molecule has 0 atom stereocenters. The molecule has 3 rings (SSSR count). The predicted octanol–water partition coefficient (Wildman–Crippen LogP) is 6.46. The highest BCUT2D eigenvalue weighted by molar-refractivity contribution is 5.89. The summed E-state index contributed by atoms with van der Waals surface area (Å²) in [6.07, 6.45) is 8.44. The molecule has 0 spiro atoms. The summed E-state index contributed by atoms with van der Waals surface area (Å²) in [5.41, 5.74) is 6.86. The van der Waals surface area contributed by atoms with E-state index >= 15 is 0 Å². The lowest BCUT2D eigenvalue weighted by molar-refractivity contribution is -0.282. The average Bonchev–Trinajstić information content (AvgIpc) is 2.77. The van der Waals surface area contributed by atoms with Crippen molar-refractivity contribution in [1.29, 1.82) is 0 Å². The molecule has 4 heteroatoms. The number of allylic oxidation sites excluding steroid dienone is 1. The van der Waals surface area contributed by atoms with Gasteiger partial charge < -0.3 is 4.74 Å². The lowest BCUT2D eigenvalue weighted by Crippen LogP contribution is -2.23. The lowest BCUT2D eigenvalue weighted by Gasteiger charge is -2.34. The third-order valence-electron chi connectivity index (χ3n) is 5.63. The lowest BCUT2D eigenvalue weighted by atomic mass is 9.70. The van der Waals surface area contributed by atoms with Gasteiger partial charge in [-0.15, -0.1) is 0 Å². The second-order valence-corrected chi connectivity index (χ2v) is 8.29. The Balaban J connectivity index is 1.81. The summed E-state index contributed by atoms with van der Waals surface area (Å²) in [7, 11) is 0. The Hall–Kier alpha value is -2.69. The molecule has 0 unspecified atom stereocenters. The molecule has 0 saturated heterocycles. The van der Waals surface area contributed by atoms with Crippen molar-refractivity contribution in [2.24, 2.45) is 0 Å². The quantitative estimate of drug-likeness (QED) is 0.162. The van der Waals surface area contributed by atoms with Crippen LogP contribution in [-0.4, -0.2) is 25.8 Å². The van der Waals surface area contributed by atoms with Crippen molar-refractivity contribution in [3.63, 3.8) is 0 Å². The van der Waals surface area contributed by atoms with E-state index < -0.39 is 0 Å². The molecule has 2 aromatic carbocycles. The molecule has 0 aliphatic heterocycles. The van der Waals surface area contributed by atoms with Gasteiger partial charge in [0.05, 0.1) is 18.8 Å². The van der Waals surface area contributed by atoms with Crippen LogP contribution in [-0.2, 0) is 19.9 Å². The SMILES string of the molecule is CCOOCC=C1CCC(C)(C)c2ccc(C=Cc3ccc(C(=O)OCC)cc3)cc21. The van der Waals surface area contributed by atoms with Crippen LogP contribution in [0.25, 0.3) is 17.7 Å². The van der Waals surface area contributed by atoms with Crippen LogP contribution in [0.4, 0.5) is 0 Å². The largest absolute Gasteiger partial charge is 0.462 e. The highest BCUT2D eigenvalue weighted by Gasteiger charge is 2.29. The van der Waals surface area contributed by atoms with Crippen LogP contribution < -0.4 is 0 Å². The fourth-order valence-electron chi connectivity index (χ4n) is 3.85. The number of carbonyl (C=O) groups excluding carboxylic acids is 1. The summed E-state index contributed by atoms with van der Waals surface area (Å²) >= 11 is 0. The molecule has 0 radical (unpaired) electrons. The number of hydrogen-bond acceptors (Lipinski definition) is 4. The zero-order valence-corrected chi connectivity index (χ0v) is 18.9. The normalized spacial score (nSPS) is 16.5. The minimum atomic E-state index is -0.289. The van der Waals surface area contributed by atoms with Crippen LogP contribution in [0.2, 0.25) is 0 Å². The molecule has 0 fully saturated rings. The van der Waals surface area contributed by atoms with E-state index in [-0.39, 0.29) is 11.4 Å². The Labute approximate surface area is 185 Å². The molecule has 1 aliphatic carbocycles. The van der Waals surface area contributed by atoms with E-state index in [0.717, 1.165) is 24.0 Å². The molecular weight excluding hydrogens is 388 g/mol. The monoisotopic (exact) mass is 420 g/mol. The van der Waals surface area contributed by atoms with E-state index in [1.165, 1.54) is 16.7 Å². The Morgan fingerprint density at radius 3 is 2.39 bits per heavy atom. The fourth-order valence-corrected chi connectivity index (χ4v) is 3.85.